The number of carbonyl (C=O) groups excluding carboxylic acids is 1. The lowest BCUT2D eigenvalue weighted by Crippen LogP contribution is -2.10. The molecule has 108 valence electrons. The van der Waals surface area contributed by atoms with Gasteiger partial charge >= 0.3 is 0 Å². The Morgan fingerprint density at radius 2 is 1.80 bits per heavy atom. The van der Waals surface area contributed by atoms with Crippen LogP contribution in [0.2, 0.25) is 0 Å². The molecule has 20 heavy (non-hydrogen) atoms. The molecule has 0 atom stereocenters. The van der Waals surface area contributed by atoms with E-state index < -0.39 is 0 Å². The normalized spacial score (nSPS) is 10.2. The van der Waals surface area contributed by atoms with Crippen LogP contribution in [0.4, 0.5) is 0 Å². The smallest absolute Gasteiger partial charge is 0.217 e. The number of nitrogens with two attached hydrogens (primary N) is 2. The number of fused-ring (bicyclic) bond motifs is 1. The van der Waals surface area contributed by atoms with Crippen molar-refractivity contribution < 1.29 is 4.79 Å². The zero-order valence-electron chi connectivity index (χ0n) is 12.0. The number of carbonyl (C=O) groups is 1. The SMILES string of the molecule is CC(C)CCC(N)=O.NSc1ccc2ccccc2c1. The summed E-state index contributed by atoms with van der Waals surface area (Å²) >= 11 is 1.28. The summed E-state index contributed by atoms with van der Waals surface area (Å²) < 4.78 is 0. The Kier molecular flexibility index (Phi) is 7.12. The zero-order valence-corrected chi connectivity index (χ0v) is 12.8. The molecule has 2 rings (SSSR count). The molecule has 0 saturated carbocycles. The highest BCUT2D eigenvalue weighted by Gasteiger charge is 1.96. The fourth-order valence-electron chi connectivity index (χ4n) is 1.67. The van der Waals surface area contributed by atoms with Crippen LogP contribution in [0.15, 0.2) is 47.4 Å². The maximum Gasteiger partial charge on any atom is 0.217 e. The molecule has 0 aromatic heterocycles. The van der Waals surface area contributed by atoms with E-state index in [1.54, 1.807) is 0 Å². The van der Waals surface area contributed by atoms with Crippen LogP contribution in [-0.4, -0.2) is 5.91 Å². The highest BCUT2D eigenvalue weighted by molar-refractivity contribution is 7.97. The molecule has 0 aliphatic carbocycles. The van der Waals surface area contributed by atoms with Gasteiger partial charge in [-0.25, -0.2) is 0 Å². The summed E-state index contributed by atoms with van der Waals surface area (Å²) in [7, 11) is 0. The lowest BCUT2D eigenvalue weighted by atomic mass is 10.1. The van der Waals surface area contributed by atoms with Gasteiger partial charge in [0.05, 0.1) is 0 Å². The molecule has 0 bridgehead atoms. The summed E-state index contributed by atoms with van der Waals surface area (Å²) in [5, 5.41) is 7.96. The van der Waals surface area contributed by atoms with Gasteiger partial charge in [-0.15, -0.1) is 0 Å². The van der Waals surface area contributed by atoms with Gasteiger partial charge in [-0.05, 0) is 47.2 Å². The lowest BCUT2D eigenvalue weighted by molar-refractivity contribution is -0.118. The molecule has 0 heterocycles. The Hall–Kier alpha value is -1.52. The third-order valence-corrected chi connectivity index (χ3v) is 3.35. The predicted octanol–water partition coefficient (Wildman–Crippen LogP) is 3.71. The molecule has 2 aromatic carbocycles. The molecule has 1 amide bonds. The average molecular weight is 290 g/mol. The maximum atomic E-state index is 10.1. The molecule has 0 radical (unpaired) electrons. The number of primary amides is 1. The van der Waals surface area contributed by atoms with Crippen molar-refractivity contribution >= 4 is 28.6 Å². The van der Waals surface area contributed by atoms with Crippen molar-refractivity contribution in [3.05, 3.63) is 42.5 Å². The molecule has 0 fully saturated rings. The predicted molar refractivity (Wildman–Crippen MR) is 87.3 cm³/mol. The first kappa shape index (κ1) is 16.5. The fourth-order valence-corrected chi connectivity index (χ4v) is 2.01. The topological polar surface area (TPSA) is 69.1 Å². The molecule has 0 unspecified atom stereocenters. The maximum absolute atomic E-state index is 10.1. The Labute approximate surface area is 124 Å². The molecule has 0 saturated heterocycles. The molecule has 3 nitrogen and oxygen atoms in total. The minimum Gasteiger partial charge on any atom is -0.370 e. The van der Waals surface area contributed by atoms with Gasteiger partial charge in [0, 0.05) is 11.3 Å². The van der Waals surface area contributed by atoms with Gasteiger partial charge in [-0.2, -0.15) is 0 Å². The number of amides is 1. The van der Waals surface area contributed by atoms with Crippen LogP contribution in [0.5, 0.6) is 0 Å². The number of benzene rings is 2. The first-order chi connectivity index (χ1) is 9.52. The molecular formula is C16H22N2OS. The lowest BCUT2D eigenvalue weighted by Gasteiger charge is -1.98. The minimum absolute atomic E-state index is 0.196. The van der Waals surface area contributed by atoms with Crippen molar-refractivity contribution in [1.82, 2.24) is 0 Å². The van der Waals surface area contributed by atoms with E-state index in [1.165, 1.54) is 22.7 Å². The summed E-state index contributed by atoms with van der Waals surface area (Å²) in [6.07, 6.45) is 1.44. The van der Waals surface area contributed by atoms with Crippen molar-refractivity contribution in [2.45, 2.75) is 31.6 Å². The molecule has 0 spiro atoms. The van der Waals surface area contributed by atoms with Gasteiger partial charge in [0.15, 0.2) is 0 Å². The van der Waals surface area contributed by atoms with Gasteiger partial charge in [0.1, 0.15) is 0 Å². The number of hydrogen-bond donors (Lipinski definition) is 2. The van der Waals surface area contributed by atoms with E-state index in [9.17, 15) is 4.79 Å². The van der Waals surface area contributed by atoms with Gasteiger partial charge < -0.3 is 5.73 Å². The Bertz CT molecular complexity index is 555. The van der Waals surface area contributed by atoms with Crippen LogP contribution in [-0.2, 0) is 4.79 Å². The van der Waals surface area contributed by atoms with Gasteiger partial charge in [0.2, 0.25) is 5.91 Å². The van der Waals surface area contributed by atoms with Crippen LogP contribution in [0, 0.1) is 5.92 Å². The Balaban J connectivity index is 0.000000221. The van der Waals surface area contributed by atoms with E-state index in [0.29, 0.717) is 12.3 Å². The fraction of sp³-hybridized carbons (Fsp3) is 0.312. The number of hydrogen-bond acceptors (Lipinski definition) is 3. The quantitative estimate of drug-likeness (QED) is 0.843. The van der Waals surface area contributed by atoms with Crippen molar-refractivity contribution in [1.29, 1.82) is 0 Å². The molecular weight excluding hydrogens is 268 g/mol. The third kappa shape index (κ3) is 6.08. The second-order valence-corrected chi connectivity index (χ2v) is 5.73. The van der Waals surface area contributed by atoms with Gasteiger partial charge in [-0.3, -0.25) is 9.93 Å². The van der Waals surface area contributed by atoms with Crippen molar-refractivity contribution in [3.8, 4) is 0 Å². The minimum atomic E-state index is -0.196. The molecule has 2 aromatic rings. The third-order valence-electron chi connectivity index (χ3n) is 2.83. The van der Waals surface area contributed by atoms with Crippen LogP contribution < -0.4 is 10.9 Å². The summed E-state index contributed by atoms with van der Waals surface area (Å²) in [4.78, 5) is 11.2. The van der Waals surface area contributed by atoms with E-state index in [-0.39, 0.29) is 5.91 Å². The van der Waals surface area contributed by atoms with E-state index in [2.05, 4.69) is 38.1 Å². The summed E-state index contributed by atoms with van der Waals surface area (Å²) in [6.45, 7) is 4.14. The van der Waals surface area contributed by atoms with E-state index in [0.717, 1.165) is 11.3 Å². The van der Waals surface area contributed by atoms with E-state index in [4.69, 9.17) is 10.9 Å². The summed E-state index contributed by atoms with van der Waals surface area (Å²) in [5.41, 5.74) is 4.90. The van der Waals surface area contributed by atoms with Gasteiger partial charge in [0.25, 0.3) is 0 Å². The Morgan fingerprint density at radius 1 is 1.15 bits per heavy atom. The Morgan fingerprint density at radius 3 is 2.30 bits per heavy atom. The zero-order chi connectivity index (χ0) is 15.0. The molecule has 0 aliphatic heterocycles. The summed E-state index contributed by atoms with van der Waals surface area (Å²) in [6, 6.07) is 14.5. The van der Waals surface area contributed by atoms with E-state index in [1.807, 2.05) is 18.2 Å². The highest BCUT2D eigenvalue weighted by atomic mass is 32.2. The highest BCUT2D eigenvalue weighted by Crippen LogP contribution is 2.19. The van der Waals surface area contributed by atoms with Crippen molar-refractivity contribution in [3.63, 3.8) is 0 Å². The summed E-state index contributed by atoms with van der Waals surface area (Å²) in [5.74, 6) is 0.390. The van der Waals surface area contributed by atoms with E-state index >= 15 is 0 Å². The second-order valence-electron chi connectivity index (χ2n) is 5.03. The second kappa shape index (κ2) is 8.61. The van der Waals surface area contributed by atoms with Crippen LogP contribution in [0.1, 0.15) is 26.7 Å². The van der Waals surface area contributed by atoms with Crippen LogP contribution >= 0.6 is 11.9 Å². The standard InChI is InChI=1S/C10H9NS.C6H13NO/c11-12-10-6-5-8-3-1-2-4-9(8)7-10;1-5(2)3-4-6(7)8/h1-7H,11H2;5H,3-4H2,1-2H3,(H2,7,8). The van der Waals surface area contributed by atoms with Crippen LogP contribution in [0.25, 0.3) is 10.8 Å². The number of rotatable bonds is 4. The van der Waals surface area contributed by atoms with Crippen LogP contribution in [0.3, 0.4) is 0 Å². The van der Waals surface area contributed by atoms with Crippen molar-refractivity contribution in [2.75, 3.05) is 0 Å². The molecule has 4 N–H and O–H groups in total. The first-order valence-corrected chi connectivity index (χ1v) is 7.54. The van der Waals surface area contributed by atoms with Gasteiger partial charge in [-0.1, -0.05) is 44.2 Å². The molecule has 0 aliphatic rings. The largest absolute Gasteiger partial charge is 0.370 e. The molecule has 4 heteroatoms. The van der Waals surface area contributed by atoms with Crippen molar-refractivity contribution in [2.24, 2.45) is 16.8 Å². The average Bonchev–Trinajstić information content (AvgIpc) is 2.45. The monoisotopic (exact) mass is 290 g/mol. The first-order valence-electron chi connectivity index (χ1n) is 6.66.